The molecule has 3 rings (SSSR count). The summed E-state index contributed by atoms with van der Waals surface area (Å²) in [7, 11) is 0. The molecule has 3 N–H and O–H groups in total. The number of nitrogens with zero attached hydrogens (tertiary/aromatic N) is 1. The Morgan fingerprint density at radius 3 is 2.38 bits per heavy atom. The predicted molar refractivity (Wildman–Crippen MR) is 153 cm³/mol. The van der Waals surface area contributed by atoms with Crippen molar-refractivity contribution in [2.75, 3.05) is 18.0 Å². The fraction of sp³-hybridized carbons (Fsp3) is 0.516. The molecule has 3 amide bonds. The summed E-state index contributed by atoms with van der Waals surface area (Å²) in [6.45, 7) is 10.8. The number of aliphatic hydroxyl groups is 1. The second kappa shape index (κ2) is 14.1. The smallest absolute Gasteiger partial charge is 0.251 e. The standard InChI is InChI=1S/C31H43N3O5/c1-20(2)19-32-30(37)22(5)14-28(35)27(15-23-10-7-6-8-11-23)33-31(38)24-16-25(34-13-9-12-29(34)36)18-26(17-24)39-21(3)4/h6-8,10-11,16-18,20-22,27-28,35H,9,12-15,19H2,1-5H3,(H,32,37)(H,33,38). The molecular formula is C31H43N3O5. The summed E-state index contributed by atoms with van der Waals surface area (Å²) in [5, 5.41) is 17.1. The molecule has 0 aromatic heterocycles. The number of amides is 3. The zero-order valence-corrected chi connectivity index (χ0v) is 23.8. The highest BCUT2D eigenvalue weighted by Crippen LogP contribution is 2.28. The van der Waals surface area contributed by atoms with Gasteiger partial charge in [-0.15, -0.1) is 0 Å². The van der Waals surface area contributed by atoms with Crippen LogP contribution in [-0.4, -0.2) is 54.2 Å². The van der Waals surface area contributed by atoms with Crippen LogP contribution in [0.4, 0.5) is 5.69 Å². The molecule has 0 radical (unpaired) electrons. The predicted octanol–water partition coefficient (Wildman–Crippen LogP) is 4.10. The van der Waals surface area contributed by atoms with E-state index in [-0.39, 0.29) is 30.2 Å². The Hall–Kier alpha value is -3.39. The highest BCUT2D eigenvalue weighted by Gasteiger charge is 2.28. The summed E-state index contributed by atoms with van der Waals surface area (Å²) < 4.78 is 5.90. The Morgan fingerprint density at radius 1 is 1.05 bits per heavy atom. The molecule has 2 aromatic carbocycles. The van der Waals surface area contributed by atoms with Crippen molar-refractivity contribution in [3.63, 3.8) is 0 Å². The average Bonchev–Trinajstić information content (AvgIpc) is 3.32. The second-order valence-electron chi connectivity index (χ2n) is 11.1. The first-order valence-corrected chi connectivity index (χ1v) is 14.0. The molecule has 212 valence electrons. The molecule has 3 unspecified atom stereocenters. The molecular weight excluding hydrogens is 494 g/mol. The SMILES string of the molecule is CC(C)CNC(=O)C(C)CC(O)C(Cc1ccccc1)NC(=O)c1cc(OC(C)C)cc(N2CCCC2=O)c1. The molecule has 8 heteroatoms. The molecule has 8 nitrogen and oxygen atoms in total. The van der Waals surface area contributed by atoms with Gasteiger partial charge in [0.2, 0.25) is 11.8 Å². The third-order valence-electron chi connectivity index (χ3n) is 6.72. The molecule has 1 saturated heterocycles. The van der Waals surface area contributed by atoms with E-state index in [2.05, 4.69) is 10.6 Å². The van der Waals surface area contributed by atoms with E-state index in [4.69, 9.17) is 4.74 Å². The van der Waals surface area contributed by atoms with Crippen molar-refractivity contribution in [3.8, 4) is 5.75 Å². The van der Waals surface area contributed by atoms with Gasteiger partial charge in [0.1, 0.15) is 5.75 Å². The van der Waals surface area contributed by atoms with E-state index in [9.17, 15) is 19.5 Å². The number of carbonyl (C=O) groups is 3. The molecule has 3 atom stereocenters. The Balaban J connectivity index is 1.83. The summed E-state index contributed by atoms with van der Waals surface area (Å²) in [5.74, 6) is -0.0787. The number of nitrogens with one attached hydrogen (secondary N) is 2. The molecule has 1 fully saturated rings. The molecule has 0 spiro atoms. The van der Waals surface area contributed by atoms with Crippen LogP contribution in [0.3, 0.4) is 0 Å². The lowest BCUT2D eigenvalue weighted by Crippen LogP contribution is -2.46. The maximum Gasteiger partial charge on any atom is 0.251 e. The first-order chi connectivity index (χ1) is 18.5. The largest absolute Gasteiger partial charge is 0.491 e. The first-order valence-electron chi connectivity index (χ1n) is 14.0. The lowest BCUT2D eigenvalue weighted by molar-refractivity contribution is -0.125. The maximum atomic E-state index is 13.6. The minimum atomic E-state index is -0.955. The third-order valence-corrected chi connectivity index (χ3v) is 6.72. The van der Waals surface area contributed by atoms with Crippen molar-refractivity contribution in [2.24, 2.45) is 11.8 Å². The van der Waals surface area contributed by atoms with Crippen molar-refractivity contribution in [2.45, 2.75) is 78.6 Å². The van der Waals surface area contributed by atoms with Gasteiger partial charge in [0.15, 0.2) is 0 Å². The minimum Gasteiger partial charge on any atom is -0.491 e. The van der Waals surface area contributed by atoms with Crippen LogP contribution >= 0.6 is 0 Å². The average molecular weight is 538 g/mol. The zero-order chi connectivity index (χ0) is 28.5. The lowest BCUT2D eigenvalue weighted by atomic mass is 9.93. The van der Waals surface area contributed by atoms with Gasteiger partial charge in [0.25, 0.3) is 5.91 Å². The van der Waals surface area contributed by atoms with Crippen LogP contribution < -0.4 is 20.3 Å². The van der Waals surface area contributed by atoms with E-state index in [0.717, 1.165) is 12.0 Å². The number of ether oxygens (including phenoxy) is 1. The topological polar surface area (TPSA) is 108 Å². The number of hydrogen-bond donors (Lipinski definition) is 3. The number of rotatable bonds is 13. The van der Waals surface area contributed by atoms with Crippen LogP contribution in [0.15, 0.2) is 48.5 Å². The van der Waals surface area contributed by atoms with Crippen LogP contribution in [0.5, 0.6) is 5.75 Å². The van der Waals surface area contributed by atoms with Crippen LogP contribution in [0, 0.1) is 11.8 Å². The van der Waals surface area contributed by atoms with Crippen molar-refractivity contribution in [3.05, 3.63) is 59.7 Å². The Morgan fingerprint density at radius 2 is 1.77 bits per heavy atom. The summed E-state index contributed by atoms with van der Waals surface area (Å²) in [5.41, 5.74) is 1.92. The summed E-state index contributed by atoms with van der Waals surface area (Å²) in [6, 6.07) is 14.1. The summed E-state index contributed by atoms with van der Waals surface area (Å²) in [4.78, 5) is 40.2. The van der Waals surface area contributed by atoms with Crippen LogP contribution in [0.2, 0.25) is 0 Å². The van der Waals surface area contributed by atoms with Crippen LogP contribution in [0.25, 0.3) is 0 Å². The number of benzene rings is 2. The van der Waals surface area contributed by atoms with Gasteiger partial charge in [-0.25, -0.2) is 0 Å². The van der Waals surface area contributed by atoms with Gasteiger partial charge in [-0.1, -0.05) is 51.1 Å². The fourth-order valence-corrected chi connectivity index (χ4v) is 4.65. The van der Waals surface area contributed by atoms with Gasteiger partial charge in [-0.05, 0) is 56.7 Å². The lowest BCUT2D eigenvalue weighted by Gasteiger charge is -2.27. The maximum absolute atomic E-state index is 13.6. The van der Waals surface area contributed by atoms with Gasteiger partial charge < -0.3 is 25.4 Å². The molecule has 0 saturated carbocycles. The van der Waals surface area contributed by atoms with E-state index < -0.39 is 18.1 Å². The van der Waals surface area contributed by atoms with E-state index in [1.54, 1.807) is 30.0 Å². The molecule has 2 aromatic rings. The monoisotopic (exact) mass is 537 g/mol. The normalized spacial score (nSPS) is 15.8. The Bertz CT molecular complexity index is 1120. The van der Waals surface area contributed by atoms with Crippen molar-refractivity contribution in [1.29, 1.82) is 0 Å². The summed E-state index contributed by atoms with van der Waals surface area (Å²) >= 11 is 0. The zero-order valence-electron chi connectivity index (χ0n) is 23.8. The molecule has 39 heavy (non-hydrogen) atoms. The Labute approximate surface area is 232 Å². The van der Waals surface area contributed by atoms with Crippen molar-refractivity contribution < 1.29 is 24.2 Å². The molecule has 1 aliphatic heterocycles. The van der Waals surface area contributed by atoms with E-state index >= 15 is 0 Å². The van der Waals surface area contributed by atoms with Gasteiger partial charge in [0.05, 0.1) is 18.2 Å². The number of anilines is 1. The quantitative estimate of drug-likeness (QED) is 0.357. The highest BCUT2D eigenvalue weighted by atomic mass is 16.5. The summed E-state index contributed by atoms with van der Waals surface area (Å²) in [6.07, 6.45) is 0.777. The minimum absolute atomic E-state index is 0.0187. The van der Waals surface area contributed by atoms with E-state index in [1.165, 1.54) is 0 Å². The molecule has 1 aliphatic rings. The van der Waals surface area contributed by atoms with Gasteiger partial charge >= 0.3 is 0 Å². The van der Waals surface area contributed by atoms with Gasteiger partial charge in [-0.2, -0.15) is 0 Å². The molecule has 1 heterocycles. The highest BCUT2D eigenvalue weighted by molar-refractivity contribution is 5.99. The second-order valence-corrected chi connectivity index (χ2v) is 11.1. The van der Waals surface area contributed by atoms with Crippen LogP contribution in [-0.2, 0) is 16.0 Å². The number of hydrogen-bond acceptors (Lipinski definition) is 5. The number of carbonyl (C=O) groups excluding carboxylic acids is 3. The van der Waals surface area contributed by atoms with Crippen molar-refractivity contribution in [1.82, 2.24) is 10.6 Å². The first kappa shape index (κ1) is 30.2. The number of aliphatic hydroxyl groups excluding tert-OH is 1. The third kappa shape index (κ3) is 9.10. The fourth-order valence-electron chi connectivity index (χ4n) is 4.65. The molecule has 0 bridgehead atoms. The Kier molecular flexibility index (Phi) is 10.9. The van der Waals surface area contributed by atoms with E-state index in [0.29, 0.717) is 48.8 Å². The van der Waals surface area contributed by atoms with Gasteiger partial charge in [0, 0.05) is 42.7 Å². The van der Waals surface area contributed by atoms with Gasteiger partial charge in [-0.3, -0.25) is 14.4 Å². The van der Waals surface area contributed by atoms with Crippen LogP contribution in [0.1, 0.15) is 69.8 Å². The van der Waals surface area contributed by atoms with Crippen molar-refractivity contribution >= 4 is 23.4 Å². The molecule has 0 aliphatic carbocycles. The van der Waals surface area contributed by atoms with E-state index in [1.807, 2.05) is 58.0 Å².